The number of rotatable bonds is 7. The molecule has 1 fully saturated rings. The Morgan fingerprint density at radius 3 is 2.60 bits per heavy atom. The highest BCUT2D eigenvalue weighted by molar-refractivity contribution is 6.31. The minimum absolute atomic E-state index is 0.285. The summed E-state index contributed by atoms with van der Waals surface area (Å²) in [5, 5.41) is 9.03. The summed E-state index contributed by atoms with van der Waals surface area (Å²) in [4.78, 5) is 0. The van der Waals surface area contributed by atoms with Crippen LogP contribution in [0.2, 0.25) is 5.02 Å². The molecule has 1 heterocycles. The Morgan fingerprint density at radius 1 is 1.45 bits per heavy atom. The first kappa shape index (κ1) is 15.8. The number of hydrogen-bond donors (Lipinski definition) is 1. The van der Waals surface area contributed by atoms with Crippen molar-refractivity contribution in [3.63, 3.8) is 0 Å². The lowest BCUT2D eigenvalue weighted by atomic mass is 9.80. The summed E-state index contributed by atoms with van der Waals surface area (Å²) in [6.07, 6.45) is 3.73. The van der Waals surface area contributed by atoms with Crippen LogP contribution >= 0.6 is 11.6 Å². The van der Waals surface area contributed by atoms with Crippen LogP contribution < -0.4 is 5.32 Å². The van der Waals surface area contributed by atoms with Gasteiger partial charge in [-0.3, -0.25) is 4.68 Å². The molecule has 0 aromatic carbocycles. The molecule has 1 aliphatic carbocycles. The van der Waals surface area contributed by atoms with Crippen molar-refractivity contribution in [2.24, 2.45) is 11.3 Å². The smallest absolute Gasteiger partial charge is 0.0847 e. The maximum atomic E-state index is 6.48. The van der Waals surface area contributed by atoms with Crippen LogP contribution in [0, 0.1) is 18.3 Å². The maximum absolute atomic E-state index is 6.48. The fraction of sp³-hybridized carbons (Fsp3) is 0.812. The van der Waals surface area contributed by atoms with Crippen LogP contribution in [0.3, 0.4) is 0 Å². The van der Waals surface area contributed by atoms with Crippen molar-refractivity contribution in [3.05, 3.63) is 16.4 Å². The fourth-order valence-electron chi connectivity index (χ4n) is 2.99. The molecule has 1 aromatic heterocycles. The van der Waals surface area contributed by atoms with E-state index in [2.05, 4.69) is 42.8 Å². The van der Waals surface area contributed by atoms with Crippen molar-refractivity contribution in [2.75, 3.05) is 6.54 Å². The molecule has 1 aliphatic rings. The van der Waals surface area contributed by atoms with Gasteiger partial charge in [-0.2, -0.15) is 5.10 Å². The molecule has 0 aliphatic heterocycles. The van der Waals surface area contributed by atoms with Gasteiger partial charge in [0.05, 0.1) is 16.4 Å². The zero-order valence-corrected chi connectivity index (χ0v) is 14.2. The van der Waals surface area contributed by atoms with Crippen LogP contribution in [-0.2, 0) is 13.0 Å². The summed E-state index contributed by atoms with van der Waals surface area (Å²) in [6, 6.07) is 0.529. The standard InChI is InChI=1S/C16H28ClN3/c1-6-20-14(15(17)12(4)19-20)9-16(5,13-7-8-13)10-18-11(2)3/h11,13,18H,6-10H2,1-5H3. The quantitative estimate of drug-likeness (QED) is 0.829. The van der Waals surface area contributed by atoms with Crippen molar-refractivity contribution >= 4 is 11.6 Å². The summed E-state index contributed by atoms with van der Waals surface area (Å²) in [5.74, 6) is 0.824. The lowest BCUT2D eigenvalue weighted by Crippen LogP contribution is -2.39. The highest BCUT2D eigenvalue weighted by atomic mass is 35.5. The average Bonchev–Trinajstić information content (AvgIpc) is 3.20. The molecule has 1 atom stereocenters. The van der Waals surface area contributed by atoms with Gasteiger partial charge in [0.1, 0.15) is 0 Å². The number of aryl methyl sites for hydroxylation is 2. The zero-order valence-electron chi connectivity index (χ0n) is 13.5. The van der Waals surface area contributed by atoms with Gasteiger partial charge in [-0.25, -0.2) is 0 Å². The first-order chi connectivity index (χ1) is 9.37. The lowest BCUT2D eigenvalue weighted by Gasteiger charge is -2.31. The summed E-state index contributed by atoms with van der Waals surface area (Å²) in [7, 11) is 0. The van der Waals surface area contributed by atoms with E-state index >= 15 is 0 Å². The monoisotopic (exact) mass is 297 g/mol. The first-order valence-electron chi connectivity index (χ1n) is 7.82. The molecule has 2 rings (SSSR count). The molecule has 0 amide bonds. The van der Waals surface area contributed by atoms with E-state index < -0.39 is 0 Å². The van der Waals surface area contributed by atoms with Crippen molar-refractivity contribution in [1.29, 1.82) is 0 Å². The molecular formula is C16H28ClN3. The third-order valence-electron chi connectivity index (χ3n) is 4.50. The van der Waals surface area contributed by atoms with Crippen LogP contribution in [0.15, 0.2) is 0 Å². The minimum Gasteiger partial charge on any atom is -0.314 e. The fourth-order valence-corrected chi connectivity index (χ4v) is 3.19. The van der Waals surface area contributed by atoms with Crippen molar-refractivity contribution < 1.29 is 0 Å². The number of aromatic nitrogens is 2. The second-order valence-corrected chi connectivity index (χ2v) is 7.18. The number of hydrogen-bond acceptors (Lipinski definition) is 2. The molecule has 0 bridgehead atoms. The summed E-state index contributed by atoms with van der Waals surface area (Å²) >= 11 is 6.48. The molecule has 3 nitrogen and oxygen atoms in total. The minimum atomic E-state index is 0.285. The predicted octanol–water partition coefficient (Wildman–Crippen LogP) is 3.82. The Balaban J connectivity index is 2.19. The molecule has 1 N–H and O–H groups in total. The van der Waals surface area contributed by atoms with E-state index in [1.807, 2.05) is 6.92 Å². The van der Waals surface area contributed by atoms with Gasteiger partial charge in [-0.15, -0.1) is 0 Å². The summed E-state index contributed by atoms with van der Waals surface area (Å²) < 4.78 is 2.08. The zero-order chi connectivity index (χ0) is 14.9. The maximum Gasteiger partial charge on any atom is 0.0847 e. The van der Waals surface area contributed by atoms with Gasteiger partial charge in [0.15, 0.2) is 0 Å². The largest absolute Gasteiger partial charge is 0.314 e. The topological polar surface area (TPSA) is 29.9 Å². The van der Waals surface area contributed by atoms with Crippen LogP contribution in [0.5, 0.6) is 0 Å². The Hall–Kier alpha value is -0.540. The van der Waals surface area contributed by atoms with Gasteiger partial charge in [0.2, 0.25) is 0 Å². The van der Waals surface area contributed by atoms with Gasteiger partial charge in [0, 0.05) is 19.1 Å². The van der Waals surface area contributed by atoms with Crippen molar-refractivity contribution in [1.82, 2.24) is 15.1 Å². The second kappa shape index (κ2) is 6.07. The molecule has 0 spiro atoms. The molecule has 20 heavy (non-hydrogen) atoms. The third kappa shape index (κ3) is 3.37. The van der Waals surface area contributed by atoms with Crippen molar-refractivity contribution in [3.8, 4) is 0 Å². The molecule has 114 valence electrons. The number of nitrogens with one attached hydrogen (secondary N) is 1. The van der Waals surface area contributed by atoms with Crippen LogP contribution in [0.25, 0.3) is 0 Å². The van der Waals surface area contributed by atoms with Gasteiger partial charge < -0.3 is 5.32 Å². The number of halogens is 1. The van der Waals surface area contributed by atoms with Crippen molar-refractivity contribution in [2.45, 2.75) is 66.5 Å². The summed E-state index contributed by atoms with van der Waals surface area (Å²) in [5.41, 5.74) is 2.46. The highest BCUT2D eigenvalue weighted by Crippen LogP contribution is 2.47. The Morgan fingerprint density at radius 2 is 2.10 bits per heavy atom. The first-order valence-corrected chi connectivity index (χ1v) is 8.20. The van der Waals surface area contributed by atoms with Gasteiger partial charge in [-0.05, 0) is 44.4 Å². The highest BCUT2D eigenvalue weighted by Gasteiger charge is 2.42. The van der Waals surface area contributed by atoms with E-state index in [-0.39, 0.29) is 5.41 Å². The van der Waals surface area contributed by atoms with E-state index in [4.69, 9.17) is 11.6 Å². The van der Waals surface area contributed by atoms with Gasteiger partial charge in [-0.1, -0.05) is 32.4 Å². The van der Waals surface area contributed by atoms with Gasteiger partial charge in [0.25, 0.3) is 0 Å². The van der Waals surface area contributed by atoms with E-state index in [1.54, 1.807) is 0 Å². The van der Waals surface area contributed by atoms with Crippen LogP contribution in [0.1, 0.15) is 51.9 Å². The normalized spacial score (nSPS) is 18.6. The van der Waals surface area contributed by atoms with Crippen LogP contribution in [-0.4, -0.2) is 22.4 Å². The molecule has 4 heteroatoms. The lowest BCUT2D eigenvalue weighted by molar-refractivity contribution is 0.242. The van der Waals surface area contributed by atoms with E-state index in [0.29, 0.717) is 6.04 Å². The molecule has 1 unspecified atom stereocenters. The number of nitrogens with zero attached hydrogens (tertiary/aromatic N) is 2. The Bertz CT molecular complexity index is 463. The SMILES string of the molecule is CCn1nc(C)c(Cl)c1CC(C)(CNC(C)C)C1CC1. The third-order valence-corrected chi connectivity index (χ3v) is 4.99. The summed E-state index contributed by atoms with van der Waals surface area (Å²) in [6.45, 7) is 12.9. The van der Waals surface area contributed by atoms with E-state index in [1.165, 1.54) is 18.5 Å². The average molecular weight is 298 g/mol. The molecule has 1 saturated carbocycles. The molecule has 0 radical (unpaired) electrons. The Kier molecular flexibility index (Phi) is 4.80. The van der Waals surface area contributed by atoms with E-state index in [9.17, 15) is 0 Å². The second-order valence-electron chi connectivity index (χ2n) is 6.80. The van der Waals surface area contributed by atoms with Crippen LogP contribution in [0.4, 0.5) is 0 Å². The molecule has 1 aromatic rings. The van der Waals surface area contributed by atoms with E-state index in [0.717, 1.165) is 36.1 Å². The molecular weight excluding hydrogens is 270 g/mol. The molecule has 0 saturated heterocycles. The Labute approximate surface area is 128 Å². The van der Waals surface area contributed by atoms with Gasteiger partial charge >= 0.3 is 0 Å². The predicted molar refractivity (Wildman–Crippen MR) is 85.3 cm³/mol.